The maximum Gasteiger partial charge on any atom is 0.144 e. The highest BCUT2D eigenvalue weighted by Crippen LogP contribution is 2.26. The Balaban J connectivity index is 1.77. The standard InChI is InChI=1S/C12H18ClN3/c1-2-16(10-5-6-10)9-8-15-12-11(13)4-3-7-14-12/h3-4,7,10H,2,5-6,8-9H2,1H3,(H,14,15). The third kappa shape index (κ3) is 3.09. The van der Waals surface area contributed by atoms with E-state index in [1.165, 1.54) is 12.8 Å². The van der Waals surface area contributed by atoms with Crippen LogP contribution in [0.2, 0.25) is 5.02 Å². The molecule has 2 rings (SSSR count). The van der Waals surface area contributed by atoms with Crippen molar-refractivity contribution in [2.45, 2.75) is 25.8 Å². The topological polar surface area (TPSA) is 28.2 Å². The molecule has 0 amide bonds. The van der Waals surface area contributed by atoms with Gasteiger partial charge in [-0.25, -0.2) is 4.98 Å². The van der Waals surface area contributed by atoms with Crippen LogP contribution in [0.1, 0.15) is 19.8 Å². The van der Waals surface area contributed by atoms with E-state index >= 15 is 0 Å². The molecule has 0 unspecified atom stereocenters. The molecule has 0 aliphatic heterocycles. The van der Waals surface area contributed by atoms with Gasteiger partial charge in [-0.3, -0.25) is 4.90 Å². The molecule has 1 aliphatic rings. The smallest absolute Gasteiger partial charge is 0.144 e. The van der Waals surface area contributed by atoms with Crippen LogP contribution in [0.3, 0.4) is 0 Å². The summed E-state index contributed by atoms with van der Waals surface area (Å²) in [7, 11) is 0. The van der Waals surface area contributed by atoms with Gasteiger partial charge in [-0.2, -0.15) is 0 Å². The molecule has 1 saturated carbocycles. The Morgan fingerprint density at radius 2 is 2.38 bits per heavy atom. The minimum Gasteiger partial charge on any atom is -0.368 e. The van der Waals surface area contributed by atoms with Crippen LogP contribution in [0, 0.1) is 0 Å². The lowest BCUT2D eigenvalue weighted by molar-refractivity contribution is 0.289. The summed E-state index contributed by atoms with van der Waals surface area (Å²) in [5.74, 6) is 0.788. The zero-order valence-electron chi connectivity index (χ0n) is 9.62. The van der Waals surface area contributed by atoms with Crippen molar-refractivity contribution in [1.29, 1.82) is 0 Å². The molecule has 0 bridgehead atoms. The van der Waals surface area contributed by atoms with E-state index in [2.05, 4.69) is 22.1 Å². The van der Waals surface area contributed by atoms with Crippen LogP contribution < -0.4 is 5.32 Å². The van der Waals surface area contributed by atoms with Gasteiger partial charge in [0.1, 0.15) is 5.82 Å². The molecule has 3 nitrogen and oxygen atoms in total. The summed E-state index contributed by atoms with van der Waals surface area (Å²) >= 11 is 6.01. The average Bonchev–Trinajstić information content (AvgIpc) is 3.11. The molecular formula is C12H18ClN3. The summed E-state index contributed by atoms with van der Waals surface area (Å²) in [6, 6.07) is 4.52. The average molecular weight is 240 g/mol. The van der Waals surface area contributed by atoms with Gasteiger partial charge in [0.15, 0.2) is 0 Å². The number of likely N-dealkylation sites (N-methyl/N-ethyl adjacent to an activating group) is 1. The summed E-state index contributed by atoms with van der Waals surface area (Å²) < 4.78 is 0. The van der Waals surface area contributed by atoms with Crippen molar-refractivity contribution >= 4 is 17.4 Å². The third-order valence-electron chi connectivity index (χ3n) is 2.92. The molecule has 1 fully saturated rings. The Morgan fingerprint density at radius 1 is 1.56 bits per heavy atom. The van der Waals surface area contributed by atoms with Gasteiger partial charge in [0, 0.05) is 25.3 Å². The van der Waals surface area contributed by atoms with E-state index in [0.29, 0.717) is 5.02 Å². The van der Waals surface area contributed by atoms with Gasteiger partial charge >= 0.3 is 0 Å². The fourth-order valence-electron chi connectivity index (χ4n) is 1.87. The summed E-state index contributed by atoms with van der Waals surface area (Å²) in [6.07, 6.45) is 4.48. The van der Waals surface area contributed by atoms with E-state index in [9.17, 15) is 0 Å². The molecule has 0 radical (unpaired) electrons. The van der Waals surface area contributed by atoms with Crippen LogP contribution in [0.25, 0.3) is 0 Å². The van der Waals surface area contributed by atoms with Crippen LogP contribution in [-0.2, 0) is 0 Å². The van der Waals surface area contributed by atoms with Gasteiger partial charge in [0.2, 0.25) is 0 Å². The lowest BCUT2D eigenvalue weighted by atomic mass is 10.4. The van der Waals surface area contributed by atoms with Gasteiger partial charge < -0.3 is 5.32 Å². The van der Waals surface area contributed by atoms with Gasteiger partial charge in [-0.1, -0.05) is 18.5 Å². The minimum absolute atomic E-state index is 0.692. The van der Waals surface area contributed by atoms with E-state index in [4.69, 9.17) is 11.6 Å². The fourth-order valence-corrected chi connectivity index (χ4v) is 2.06. The molecule has 16 heavy (non-hydrogen) atoms. The second-order valence-corrected chi connectivity index (χ2v) is 4.53. The number of nitrogens with one attached hydrogen (secondary N) is 1. The maximum absolute atomic E-state index is 6.01. The van der Waals surface area contributed by atoms with Crippen molar-refractivity contribution in [3.8, 4) is 0 Å². The first-order chi connectivity index (χ1) is 7.81. The second-order valence-electron chi connectivity index (χ2n) is 4.12. The van der Waals surface area contributed by atoms with Gasteiger partial charge in [-0.15, -0.1) is 0 Å². The first kappa shape index (κ1) is 11.7. The normalized spacial score (nSPS) is 15.4. The summed E-state index contributed by atoms with van der Waals surface area (Å²) in [5, 5.41) is 3.97. The third-order valence-corrected chi connectivity index (χ3v) is 3.22. The van der Waals surface area contributed by atoms with Crippen LogP contribution in [0.4, 0.5) is 5.82 Å². The minimum atomic E-state index is 0.692. The predicted octanol–water partition coefficient (Wildman–Crippen LogP) is 2.63. The molecule has 1 aromatic heterocycles. The molecule has 0 atom stereocenters. The monoisotopic (exact) mass is 239 g/mol. The van der Waals surface area contributed by atoms with Crippen LogP contribution in [0.5, 0.6) is 0 Å². The van der Waals surface area contributed by atoms with E-state index in [1.807, 2.05) is 12.1 Å². The molecule has 1 aromatic rings. The summed E-state index contributed by atoms with van der Waals surface area (Å²) in [6.45, 7) is 5.31. The van der Waals surface area contributed by atoms with Gasteiger partial charge in [0.25, 0.3) is 0 Å². The summed E-state index contributed by atoms with van der Waals surface area (Å²) in [4.78, 5) is 6.70. The highest BCUT2D eigenvalue weighted by Gasteiger charge is 2.27. The molecule has 1 heterocycles. The number of aromatic nitrogens is 1. The van der Waals surface area contributed by atoms with Gasteiger partial charge in [-0.05, 0) is 31.5 Å². The predicted molar refractivity (Wildman–Crippen MR) is 68.0 cm³/mol. The zero-order valence-corrected chi connectivity index (χ0v) is 10.4. The van der Waals surface area contributed by atoms with E-state index < -0.39 is 0 Å². The Kier molecular flexibility index (Phi) is 4.02. The van der Waals surface area contributed by atoms with Crippen molar-refractivity contribution < 1.29 is 0 Å². The van der Waals surface area contributed by atoms with E-state index in [-0.39, 0.29) is 0 Å². The quantitative estimate of drug-likeness (QED) is 0.827. The molecule has 88 valence electrons. The van der Waals surface area contributed by atoms with Crippen molar-refractivity contribution in [3.63, 3.8) is 0 Å². The molecule has 4 heteroatoms. The number of hydrogen-bond donors (Lipinski definition) is 1. The molecule has 1 N–H and O–H groups in total. The molecule has 0 saturated heterocycles. The van der Waals surface area contributed by atoms with Crippen molar-refractivity contribution in [3.05, 3.63) is 23.4 Å². The first-order valence-corrected chi connectivity index (χ1v) is 6.27. The van der Waals surface area contributed by atoms with Crippen LogP contribution in [0.15, 0.2) is 18.3 Å². The molecule has 0 spiro atoms. The number of hydrogen-bond acceptors (Lipinski definition) is 3. The number of anilines is 1. The highest BCUT2D eigenvalue weighted by atomic mass is 35.5. The number of halogens is 1. The SMILES string of the molecule is CCN(CCNc1ncccc1Cl)C1CC1. The van der Waals surface area contributed by atoms with Crippen molar-refractivity contribution in [2.75, 3.05) is 25.0 Å². The zero-order chi connectivity index (χ0) is 11.4. The Labute approximate surface area is 102 Å². The number of nitrogens with zero attached hydrogens (tertiary/aromatic N) is 2. The van der Waals surface area contributed by atoms with Gasteiger partial charge in [0.05, 0.1) is 5.02 Å². The van der Waals surface area contributed by atoms with E-state index in [1.54, 1.807) is 6.20 Å². The van der Waals surface area contributed by atoms with Crippen LogP contribution in [-0.4, -0.2) is 35.6 Å². The highest BCUT2D eigenvalue weighted by molar-refractivity contribution is 6.32. The molecule has 0 aromatic carbocycles. The number of pyridine rings is 1. The molecular weight excluding hydrogens is 222 g/mol. The summed E-state index contributed by atoms with van der Waals surface area (Å²) in [5.41, 5.74) is 0. The van der Waals surface area contributed by atoms with Crippen molar-refractivity contribution in [2.24, 2.45) is 0 Å². The lowest BCUT2D eigenvalue weighted by Crippen LogP contribution is -2.31. The molecule has 1 aliphatic carbocycles. The Morgan fingerprint density at radius 3 is 3.00 bits per heavy atom. The van der Waals surface area contributed by atoms with Crippen molar-refractivity contribution in [1.82, 2.24) is 9.88 Å². The first-order valence-electron chi connectivity index (χ1n) is 5.89. The largest absolute Gasteiger partial charge is 0.368 e. The fraction of sp³-hybridized carbons (Fsp3) is 0.583. The lowest BCUT2D eigenvalue weighted by Gasteiger charge is -2.20. The van der Waals surface area contributed by atoms with E-state index in [0.717, 1.165) is 31.5 Å². The Bertz CT molecular complexity index is 339. The second kappa shape index (κ2) is 5.51. The maximum atomic E-state index is 6.01. The van der Waals surface area contributed by atoms with Crippen LogP contribution >= 0.6 is 11.6 Å². The Hall–Kier alpha value is -0.800. The number of rotatable bonds is 6.